The predicted molar refractivity (Wildman–Crippen MR) is 111 cm³/mol. The number of nitrogens with zero attached hydrogens (tertiary/aromatic N) is 3. The highest BCUT2D eigenvalue weighted by Crippen LogP contribution is 2.15. The van der Waals surface area contributed by atoms with Crippen LogP contribution in [-0.4, -0.2) is 36.7 Å². The van der Waals surface area contributed by atoms with Crippen molar-refractivity contribution in [3.05, 3.63) is 52.4 Å². The van der Waals surface area contributed by atoms with Gasteiger partial charge in [-0.3, -0.25) is 4.99 Å². The zero-order valence-electron chi connectivity index (χ0n) is 17.3. The topological polar surface area (TPSA) is 65.7 Å². The van der Waals surface area contributed by atoms with Gasteiger partial charge in [-0.25, -0.2) is 0 Å². The fourth-order valence-corrected chi connectivity index (χ4v) is 2.98. The van der Waals surface area contributed by atoms with Gasteiger partial charge in [0.05, 0.1) is 5.69 Å². The second-order valence-corrected chi connectivity index (χ2v) is 6.67. The van der Waals surface area contributed by atoms with Gasteiger partial charge in [0, 0.05) is 38.7 Å². The molecule has 27 heavy (non-hydrogen) atoms. The normalized spacial score (nSPS) is 11.9. The van der Waals surface area contributed by atoms with Crippen molar-refractivity contribution in [1.29, 1.82) is 0 Å². The fraction of sp³-hybridized carbons (Fsp3) is 0.524. The smallest absolute Gasteiger partial charge is 0.191 e. The second-order valence-electron chi connectivity index (χ2n) is 6.67. The highest BCUT2D eigenvalue weighted by Gasteiger charge is 2.13. The molecule has 0 atom stereocenters. The van der Waals surface area contributed by atoms with Gasteiger partial charge in [0.2, 0.25) is 0 Å². The molecule has 0 saturated carbocycles. The summed E-state index contributed by atoms with van der Waals surface area (Å²) in [4.78, 5) is 6.63. The van der Waals surface area contributed by atoms with Crippen molar-refractivity contribution in [2.75, 3.05) is 20.6 Å². The molecular formula is C21H33N5O. The zero-order valence-corrected chi connectivity index (χ0v) is 17.3. The third kappa shape index (κ3) is 6.10. The molecular weight excluding hydrogens is 338 g/mol. The Hall–Kier alpha value is -2.34. The van der Waals surface area contributed by atoms with Crippen molar-refractivity contribution in [3.63, 3.8) is 0 Å². The van der Waals surface area contributed by atoms with Gasteiger partial charge in [-0.1, -0.05) is 50.2 Å². The van der Waals surface area contributed by atoms with Gasteiger partial charge in [0.15, 0.2) is 5.96 Å². The molecule has 1 aromatic carbocycles. The third-order valence-corrected chi connectivity index (χ3v) is 4.71. The van der Waals surface area contributed by atoms with Crippen LogP contribution in [0.2, 0.25) is 0 Å². The third-order valence-electron chi connectivity index (χ3n) is 4.71. The van der Waals surface area contributed by atoms with Crippen LogP contribution in [0.5, 0.6) is 0 Å². The van der Waals surface area contributed by atoms with Crippen molar-refractivity contribution in [2.45, 2.75) is 53.2 Å². The summed E-state index contributed by atoms with van der Waals surface area (Å²) in [6, 6.07) is 8.67. The number of hydrogen-bond donors (Lipinski definition) is 2. The van der Waals surface area contributed by atoms with Crippen LogP contribution in [0.4, 0.5) is 0 Å². The average molecular weight is 372 g/mol. The van der Waals surface area contributed by atoms with Crippen LogP contribution in [0.15, 0.2) is 33.8 Å². The van der Waals surface area contributed by atoms with E-state index in [9.17, 15) is 0 Å². The number of nitrogens with one attached hydrogen (secondary N) is 2. The number of benzene rings is 1. The lowest BCUT2D eigenvalue weighted by atomic mass is 10.1. The van der Waals surface area contributed by atoms with Crippen LogP contribution >= 0.6 is 0 Å². The molecule has 0 fully saturated rings. The van der Waals surface area contributed by atoms with Gasteiger partial charge in [0.25, 0.3) is 0 Å². The van der Waals surface area contributed by atoms with E-state index in [1.54, 1.807) is 7.05 Å². The van der Waals surface area contributed by atoms with Gasteiger partial charge < -0.3 is 20.1 Å². The largest absolute Gasteiger partial charge is 0.361 e. The molecule has 0 unspecified atom stereocenters. The maximum absolute atomic E-state index is 5.43. The van der Waals surface area contributed by atoms with E-state index in [2.05, 4.69) is 77.8 Å². The quantitative estimate of drug-likeness (QED) is 0.524. The first-order chi connectivity index (χ1) is 13.1. The molecule has 1 heterocycles. The van der Waals surface area contributed by atoms with E-state index in [0.717, 1.165) is 55.5 Å². The lowest BCUT2D eigenvalue weighted by Crippen LogP contribution is -2.36. The number of aromatic nitrogens is 1. The molecule has 2 N–H and O–H groups in total. The molecule has 0 saturated heterocycles. The van der Waals surface area contributed by atoms with Gasteiger partial charge in [-0.2, -0.15) is 0 Å². The van der Waals surface area contributed by atoms with Crippen LogP contribution in [-0.2, 0) is 32.5 Å². The summed E-state index contributed by atoms with van der Waals surface area (Å²) in [6.45, 7) is 9.75. The molecule has 1 aromatic heterocycles. The summed E-state index contributed by atoms with van der Waals surface area (Å²) in [6.07, 6.45) is 1.71. The molecule has 2 aromatic rings. The van der Waals surface area contributed by atoms with E-state index in [4.69, 9.17) is 4.52 Å². The fourth-order valence-electron chi connectivity index (χ4n) is 2.98. The molecule has 0 spiro atoms. The maximum Gasteiger partial charge on any atom is 0.191 e. The number of hydrogen-bond acceptors (Lipinski definition) is 4. The lowest BCUT2D eigenvalue weighted by Gasteiger charge is -2.15. The van der Waals surface area contributed by atoms with Crippen LogP contribution in [0.1, 0.15) is 48.9 Å². The number of aryl methyl sites for hydroxylation is 2. The Morgan fingerprint density at radius 1 is 1.11 bits per heavy atom. The molecule has 0 radical (unpaired) electrons. The van der Waals surface area contributed by atoms with Gasteiger partial charge >= 0.3 is 0 Å². The first-order valence-electron chi connectivity index (χ1n) is 9.78. The summed E-state index contributed by atoms with van der Waals surface area (Å²) in [5.74, 6) is 1.72. The van der Waals surface area contributed by atoms with Gasteiger partial charge in [-0.15, -0.1) is 0 Å². The van der Waals surface area contributed by atoms with Gasteiger partial charge in [-0.05, 0) is 31.1 Å². The number of guanidine groups is 1. The lowest BCUT2D eigenvalue weighted by molar-refractivity contribution is 0.345. The van der Waals surface area contributed by atoms with Crippen molar-refractivity contribution in [2.24, 2.45) is 4.99 Å². The van der Waals surface area contributed by atoms with E-state index in [0.29, 0.717) is 6.54 Å². The molecule has 0 amide bonds. The maximum atomic E-state index is 5.43. The molecule has 148 valence electrons. The van der Waals surface area contributed by atoms with Crippen LogP contribution in [0.3, 0.4) is 0 Å². The summed E-state index contributed by atoms with van der Waals surface area (Å²) >= 11 is 0. The molecule has 0 aliphatic heterocycles. The summed E-state index contributed by atoms with van der Waals surface area (Å²) in [5.41, 5.74) is 4.73. The first kappa shape index (κ1) is 21.0. The Balaban J connectivity index is 1.93. The van der Waals surface area contributed by atoms with E-state index >= 15 is 0 Å². The van der Waals surface area contributed by atoms with Crippen molar-refractivity contribution >= 4 is 5.96 Å². The Kier molecular flexibility index (Phi) is 8.33. The van der Waals surface area contributed by atoms with Crippen molar-refractivity contribution in [3.8, 4) is 0 Å². The SMILES string of the molecule is CCc1noc(CC)c1CNC(=NC)NCc1cccc(CN(C)CC)c1. The first-order valence-corrected chi connectivity index (χ1v) is 9.78. The number of aliphatic imine (C=N–C) groups is 1. The molecule has 0 aliphatic carbocycles. The molecule has 0 bridgehead atoms. The zero-order chi connectivity index (χ0) is 19.6. The standard InChI is InChI=1S/C21H33N5O/c1-6-19-18(20(7-2)27-25-19)14-24-21(22-4)23-13-16-10-9-11-17(12-16)15-26(5)8-3/h9-12H,6-8,13-15H2,1-5H3,(H2,22,23,24). The number of rotatable bonds is 9. The highest BCUT2D eigenvalue weighted by molar-refractivity contribution is 5.79. The monoisotopic (exact) mass is 371 g/mol. The average Bonchev–Trinajstić information content (AvgIpc) is 3.10. The van der Waals surface area contributed by atoms with E-state index in [1.165, 1.54) is 11.1 Å². The molecule has 6 heteroatoms. The predicted octanol–water partition coefficient (Wildman–Crippen LogP) is 3.12. The van der Waals surface area contributed by atoms with Crippen LogP contribution in [0.25, 0.3) is 0 Å². The minimum atomic E-state index is 0.664. The van der Waals surface area contributed by atoms with Crippen molar-refractivity contribution in [1.82, 2.24) is 20.7 Å². The van der Waals surface area contributed by atoms with Crippen LogP contribution in [0, 0.1) is 0 Å². The van der Waals surface area contributed by atoms with E-state index in [-0.39, 0.29) is 0 Å². The van der Waals surface area contributed by atoms with E-state index in [1.807, 2.05) is 0 Å². The molecule has 2 rings (SSSR count). The summed E-state index contributed by atoms with van der Waals surface area (Å²) in [7, 11) is 3.92. The minimum Gasteiger partial charge on any atom is -0.361 e. The Morgan fingerprint density at radius 3 is 2.52 bits per heavy atom. The Bertz CT molecular complexity index is 716. The highest BCUT2D eigenvalue weighted by atomic mass is 16.5. The Morgan fingerprint density at radius 2 is 1.85 bits per heavy atom. The Labute approximate surface area is 163 Å². The molecule has 0 aliphatic rings. The van der Waals surface area contributed by atoms with Gasteiger partial charge in [0.1, 0.15) is 5.76 Å². The van der Waals surface area contributed by atoms with Crippen molar-refractivity contribution < 1.29 is 4.52 Å². The van der Waals surface area contributed by atoms with Crippen LogP contribution < -0.4 is 10.6 Å². The summed E-state index contributed by atoms with van der Waals surface area (Å²) < 4.78 is 5.43. The second kappa shape index (κ2) is 10.7. The van der Waals surface area contributed by atoms with E-state index < -0.39 is 0 Å². The molecule has 6 nitrogen and oxygen atoms in total. The summed E-state index contributed by atoms with van der Waals surface area (Å²) in [5, 5.41) is 10.9. The minimum absolute atomic E-state index is 0.664.